The second kappa shape index (κ2) is 6.70. The van der Waals surface area contributed by atoms with Gasteiger partial charge in [-0.1, -0.05) is 18.2 Å². The Kier molecular flexibility index (Phi) is 4.61. The van der Waals surface area contributed by atoms with Gasteiger partial charge in [0.2, 0.25) is 0 Å². The lowest BCUT2D eigenvalue weighted by Crippen LogP contribution is -2.13. The van der Waals surface area contributed by atoms with Crippen LogP contribution in [0.2, 0.25) is 0 Å². The largest absolute Gasteiger partial charge is 0.451 e. The van der Waals surface area contributed by atoms with Crippen molar-refractivity contribution in [2.24, 2.45) is 0 Å². The number of anilines is 1. The quantitative estimate of drug-likeness (QED) is 0.756. The first-order chi connectivity index (χ1) is 11.9. The predicted octanol–water partition coefficient (Wildman–Crippen LogP) is 3.24. The van der Waals surface area contributed by atoms with E-state index in [1.807, 2.05) is 18.2 Å². The number of rotatable bonds is 5. The number of ether oxygens (including phenoxy) is 1. The molecule has 1 heterocycles. The molecule has 0 unspecified atom stereocenters. The van der Waals surface area contributed by atoms with Crippen LogP contribution in [-0.4, -0.2) is 27.7 Å². The Bertz CT molecular complexity index is 1020. The highest BCUT2D eigenvalue weighted by atomic mass is 32.2. The third kappa shape index (κ3) is 3.57. The molecule has 25 heavy (non-hydrogen) atoms. The van der Waals surface area contributed by atoms with E-state index in [2.05, 4.69) is 5.32 Å². The monoisotopic (exact) mass is 359 g/mol. The summed E-state index contributed by atoms with van der Waals surface area (Å²) in [6.07, 6.45) is 1.13. The molecule has 0 fully saturated rings. The Morgan fingerprint density at radius 3 is 2.44 bits per heavy atom. The van der Waals surface area contributed by atoms with Crippen LogP contribution in [0.3, 0.4) is 0 Å². The van der Waals surface area contributed by atoms with Gasteiger partial charge in [0.1, 0.15) is 5.58 Å². The van der Waals surface area contributed by atoms with Crippen LogP contribution in [0, 0.1) is 0 Å². The van der Waals surface area contributed by atoms with Gasteiger partial charge in [0.25, 0.3) is 5.91 Å². The van der Waals surface area contributed by atoms with Crippen LogP contribution in [0.25, 0.3) is 11.0 Å². The Hall–Kier alpha value is -2.64. The Morgan fingerprint density at radius 1 is 1.12 bits per heavy atom. The number of furan rings is 1. The van der Waals surface area contributed by atoms with Gasteiger partial charge in [-0.2, -0.15) is 0 Å². The molecule has 0 aliphatic rings. The molecule has 0 atom stereocenters. The molecular weight excluding hydrogens is 342 g/mol. The van der Waals surface area contributed by atoms with Crippen molar-refractivity contribution in [3.8, 4) is 0 Å². The van der Waals surface area contributed by atoms with Gasteiger partial charge in [0.15, 0.2) is 15.6 Å². The Labute approximate surface area is 145 Å². The van der Waals surface area contributed by atoms with Crippen LogP contribution < -0.4 is 5.32 Å². The average Bonchev–Trinajstić information content (AvgIpc) is 2.94. The molecule has 3 rings (SSSR count). The van der Waals surface area contributed by atoms with Gasteiger partial charge in [-0.3, -0.25) is 4.79 Å². The summed E-state index contributed by atoms with van der Waals surface area (Å²) in [6.45, 7) is 0.243. The molecule has 2 aromatic carbocycles. The number of hydrogen-bond acceptors (Lipinski definition) is 5. The van der Waals surface area contributed by atoms with E-state index >= 15 is 0 Å². The number of carbonyl (C=O) groups excluding carboxylic acids is 1. The highest BCUT2D eigenvalue weighted by Gasteiger charge is 2.20. The van der Waals surface area contributed by atoms with Crippen LogP contribution in [-0.2, 0) is 21.2 Å². The highest BCUT2D eigenvalue weighted by Crippen LogP contribution is 2.27. The van der Waals surface area contributed by atoms with Crippen LogP contribution in [0.4, 0.5) is 5.69 Å². The van der Waals surface area contributed by atoms with E-state index in [1.165, 1.54) is 24.3 Å². The molecule has 1 aromatic heterocycles. The van der Waals surface area contributed by atoms with E-state index < -0.39 is 15.7 Å². The molecule has 7 heteroatoms. The minimum absolute atomic E-state index is 0.176. The Morgan fingerprint density at radius 2 is 1.80 bits per heavy atom. The van der Waals surface area contributed by atoms with Crippen molar-refractivity contribution in [3.63, 3.8) is 0 Å². The molecular formula is C18H17NO5S. The fourth-order valence-corrected chi connectivity index (χ4v) is 3.17. The fourth-order valence-electron chi connectivity index (χ4n) is 2.54. The van der Waals surface area contributed by atoms with Crippen molar-refractivity contribution in [1.29, 1.82) is 0 Å². The van der Waals surface area contributed by atoms with Gasteiger partial charge in [-0.25, -0.2) is 8.42 Å². The first-order valence-corrected chi connectivity index (χ1v) is 9.40. The van der Waals surface area contributed by atoms with Crippen LogP contribution in [0.5, 0.6) is 0 Å². The van der Waals surface area contributed by atoms with Gasteiger partial charge < -0.3 is 14.5 Å². The summed E-state index contributed by atoms with van der Waals surface area (Å²) < 4.78 is 33.8. The molecule has 6 nitrogen and oxygen atoms in total. The molecule has 130 valence electrons. The molecule has 0 spiro atoms. The standard InChI is InChI=1S/C18H17NO5S/c1-23-11-15-14-5-3-4-6-16(14)24-17(15)18(20)19-12-7-9-13(10-8-12)25(2,21)22/h3-10H,11H2,1-2H3,(H,19,20). The Balaban J connectivity index is 1.91. The second-order valence-electron chi connectivity index (χ2n) is 5.59. The van der Waals surface area contributed by atoms with Crippen LogP contribution in [0.15, 0.2) is 57.8 Å². The highest BCUT2D eigenvalue weighted by molar-refractivity contribution is 7.90. The van der Waals surface area contributed by atoms with Gasteiger partial charge in [0.05, 0.1) is 11.5 Å². The average molecular weight is 359 g/mol. The van der Waals surface area contributed by atoms with Crippen molar-refractivity contribution in [3.05, 3.63) is 59.9 Å². The SMILES string of the molecule is COCc1c(C(=O)Nc2ccc(S(C)(=O)=O)cc2)oc2ccccc12. The maximum atomic E-state index is 12.6. The fraction of sp³-hybridized carbons (Fsp3) is 0.167. The zero-order valence-electron chi connectivity index (χ0n) is 13.8. The van der Waals surface area contributed by atoms with E-state index in [9.17, 15) is 13.2 Å². The van der Waals surface area contributed by atoms with Crippen molar-refractivity contribution in [2.45, 2.75) is 11.5 Å². The number of sulfone groups is 1. The normalized spacial score (nSPS) is 11.6. The second-order valence-corrected chi connectivity index (χ2v) is 7.61. The molecule has 0 aliphatic carbocycles. The lowest BCUT2D eigenvalue weighted by atomic mass is 10.1. The van der Waals surface area contributed by atoms with Gasteiger partial charge in [-0.15, -0.1) is 0 Å². The molecule has 0 saturated carbocycles. The summed E-state index contributed by atoms with van der Waals surface area (Å²) >= 11 is 0. The van der Waals surface area contributed by atoms with Crippen molar-refractivity contribution < 1.29 is 22.4 Å². The maximum Gasteiger partial charge on any atom is 0.291 e. The summed E-state index contributed by atoms with van der Waals surface area (Å²) in [4.78, 5) is 12.8. The number of methoxy groups -OCH3 is 1. The van der Waals surface area contributed by atoms with E-state index in [4.69, 9.17) is 9.15 Å². The van der Waals surface area contributed by atoms with E-state index in [0.717, 1.165) is 11.6 Å². The molecule has 0 saturated heterocycles. The molecule has 1 N–H and O–H groups in total. The summed E-state index contributed by atoms with van der Waals surface area (Å²) in [6, 6.07) is 13.3. The summed E-state index contributed by atoms with van der Waals surface area (Å²) in [5, 5.41) is 3.53. The van der Waals surface area contributed by atoms with Gasteiger partial charge in [-0.05, 0) is 30.3 Å². The lowest BCUT2D eigenvalue weighted by molar-refractivity contribution is 0.0992. The molecule has 3 aromatic rings. The minimum Gasteiger partial charge on any atom is -0.451 e. The first kappa shape index (κ1) is 17.2. The van der Waals surface area contributed by atoms with Gasteiger partial charge in [0, 0.05) is 30.0 Å². The smallest absolute Gasteiger partial charge is 0.291 e. The number of para-hydroxylation sites is 1. The third-order valence-electron chi connectivity index (χ3n) is 3.73. The van der Waals surface area contributed by atoms with E-state index in [-0.39, 0.29) is 17.3 Å². The number of benzene rings is 2. The maximum absolute atomic E-state index is 12.6. The van der Waals surface area contributed by atoms with Crippen molar-refractivity contribution in [2.75, 3.05) is 18.7 Å². The van der Waals surface area contributed by atoms with Crippen molar-refractivity contribution in [1.82, 2.24) is 0 Å². The van der Waals surface area contributed by atoms with E-state index in [1.54, 1.807) is 13.2 Å². The third-order valence-corrected chi connectivity index (χ3v) is 4.86. The summed E-state index contributed by atoms with van der Waals surface area (Å²) in [7, 11) is -1.73. The summed E-state index contributed by atoms with van der Waals surface area (Å²) in [5.41, 5.74) is 1.75. The zero-order valence-corrected chi connectivity index (χ0v) is 14.6. The van der Waals surface area contributed by atoms with Crippen LogP contribution in [0.1, 0.15) is 16.1 Å². The number of fused-ring (bicyclic) bond motifs is 1. The lowest BCUT2D eigenvalue weighted by Gasteiger charge is -2.06. The van der Waals surface area contributed by atoms with E-state index in [0.29, 0.717) is 16.8 Å². The van der Waals surface area contributed by atoms with Crippen LogP contribution >= 0.6 is 0 Å². The number of carbonyl (C=O) groups is 1. The molecule has 1 amide bonds. The van der Waals surface area contributed by atoms with Crippen molar-refractivity contribution >= 4 is 32.4 Å². The van der Waals surface area contributed by atoms with Gasteiger partial charge >= 0.3 is 0 Å². The number of amides is 1. The number of hydrogen-bond donors (Lipinski definition) is 1. The first-order valence-electron chi connectivity index (χ1n) is 7.51. The summed E-state index contributed by atoms with van der Waals surface area (Å²) in [5.74, 6) is -0.245. The topological polar surface area (TPSA) is 85.6 Å². The molecule has 0 bridgehead atoms. The minimum atomic E-state index is -3.28. The zero-order chi connectivity index (χ0) is 18.0. The predicted molar refractivity (Wildman–Crippen MR) is 94.4 cm³/mol. The number of nitrogens with one attached hydrogen (secondary N) is 1. The molecule has 0 aliphatic heterocycles. The molecule has 0 radical (unpaired) electrons.